The highest BCUT2D eigenvalue weighted by molar-refractivity contribution is 5.69. The Balaban J connectivity index is 4.00. The number of unbranched alkanes of at least 4 members (excludes halogenated alkanes) is 12. The maximum absolute atomic E-state index is 12.3. The maximum Gasteiger partial charge on any atom is 0.306 e. The molecule has 0 spiro atoms. The molecule has 0 aromatic rings. The van der Waals surface area contributed by atoms with Crippen LogP contribution in [-0.4, -0.2) is 65.0 Å². The summed E-state index contributed by atoms with van der Waals surface area (Å²) in [4.78, 5) is 14.4. The van der Waals surface area contributed by atoms with Gasteiger partial charge in [-0.05, 0) is 65.6 Å². The molecule has 0 aliphatic rings. The van der Waals surface area contributed by atoms with Crippen LogP contribution < -0.4 is 0 Å². The normalized spacial score (nSPS) is 11.6. The number of hydrogen-bond acceptors (Lipinski definition) is 5. The monoisotopic (exact) mass is 457 g/mol. The highest BCUT2D eigenvalue weighted by Gasteiger charge is 2.14. The molecule has 0 aliphatic heterocycles. The summed E-state index contributed by atoms with van der Waals surface area (Å²) in [5, 5.41) is 0. The molecule has 0 aromatic heterocycles. The topological polar surface area (TPSA) is 48.0 Å². The molecule has 0 saturated heterocycles. The van der Waals surface area contributed by atoms with Gasteiger partial charge in [0.1, 0.15) is 6.10 Å². The Morgan fingerprint density at radius 2 is 1.03 bits per heavy atom. The molecule has 0 radical (unpaired) electrons. The Morgan fingerprint density at radius 1 is 0.625 bits per heavy atom. The van der Waals surface area contributed by atoms with Gasteiger partial charge in [0.2, 0.25) is 0 Å². The molecule has 5 heteroatoms. The number of esters is 1. The molecule has 0 aliphatic carbocycles. The minimum atomic E-state index is -0.00636. The second-order valence-electron chi connectivity index (χ2n) is 9.53. The van der Waals surface area contributed by atoms with E-state index in [0.29, 0.717) is 6.42 Å². The Hall–Kier alpha value is -0.650. The quantitative estimate of drug-likeness (QED) is 0.112. The Bertz CT molecular complexity index is 368. The molecule has 0 atom stereocenters. The summed E-state index contributed by atoms with van der Waals surface area (Å²) in [6.07, 6.45) is 21.1. The minimum Gasteiger partial charge on any atom is -0.462 e. The third kappa shape index (κ3) is 24.0. The summed E-state index contributed by atoms with van der Waals surface area (Å²) in [6.45, 7) is 2.71. The van der Waals surface area contributed by atoms with Crippen LogP contribution in [-0.2, 0) is 19.0 Å². The lowest BCUT2D eigenvalue weighted by atomic mass is 10.0. The average molecular weight is 458 g/mol. The largest absolute Gasteiger partial charge is 0.462 e. The molecular formula is C27H55NO4. The highest BCUT2D eigenvalue weighted by atomic mass is 16.5. The van der Waals surface area contributed by atoms with Crippen LogP contribution in [0.3, 0.4) is 0 Å². The van der Waals surface area contributed by atoms with E-state index in [2.05, 4.69) is 4.90 Å². The van der Waals surface area contributed by atoms with E-state index in [4.69, 9.17) is 14.2 Å². The van der Waals surface area contributed by atoms with Crippen molar-refractivity contribution in [3.63, 3.8) is 0 Å². The molecule has 0 unspecified atom stereocenters. The smallest absolute Gasteiger partial charge is 0.306 e. The van der Waals surface area contributed by atoms with Crippen molar-refractivity contribution < 1.29 is 19.0 Å². The van der Waals surface area contributed by atoms with E-state index in [1.54, 1.807) is 14.2 Å². The van der Waals surface area contributed by atoms with Crippen molar-refractivity contribution in [1.82, 2.24) is 4.90 Å². The van der Waals surface area contributed by atoms with Crippen LogP contribution in [0.2, 0.25) is 0 Å². The van der Waals surface area contributed by atoms with E-state index >= 15 is 0 Å². The molecule has 5 nitrogen and oxygen atoms in total. The van der Waals surface area contributed by atoms with Gasteiger partial charge in [-0.2, -0.15) is 0 Å². The lowest BCUT2D eigenvalue weighted by molar-refractivity contribution is -0.150. The molecule has 192 valence electrons. The fraction of sp³-hybridized carbons (Fsp3) is 0.963. The Labute approximate surface area is 199 Å². The molecule has 32 heavy (non-hydrogen) atoms. The predicted octanol–water partition coefficient (Wildman–Crippen LogP) is 6.77. The van der Waals surface area contributed by atoms with E-state index in [-0.39, 0.29) is 12.1 Å². The van der Waals surface area contributed by atoms with E-state index < -0.39 is 0 Å². The van der Waals surface area contributed by atoms with Gasteiger partial charge in [-0.15, -0.1) is 0 Å². The predicted molar refractivity (Wildman–Crippen MR) is 135 cm³/mol. The van der Waals surface area contributed by atoms with Crippen molar-refractivity contribution >= 4 is 5.97 Å². The van der Waals surface area contributed by atoms with Crippen LogP contribution in [0, 0.1) is 0 Å². The Morgan fingerprint density at radius 3 is 1.44 bits per heavy atom. The summed E-state index contributed by atoms with van der Waals surface area (Å²) in [7, 11) is 7.64. The maximum atomic E-state index is 12.3. The molecule has 0 bridgehead atoms. The van der Waals surface area contributed by atoms with Crippen LogP contribution in [0.25, 0.3) is 0 Å². The van der Waals surface area contributed by atoms with Crippen molar-refractivity contribution in [2.75, 3.05) is 48.1 Å². The van der Waals surface area contributed by atoms with Gasteiger partial charge in [-0.1, -0.05) is 64.2 Å². The van der Waals surface area contributed by atoms with E-state index in [1.807, 2.05) is 14.1 Å². The second-order valence-corrected chi connectivity index (χ2v) is 9.53. The summed E-state index contributed by atoms with van der Waals surface area (Å²) in [5.41, 5.74) is 0. The first kappa shape index (κ1) is 31.4. The molecular weight excluding hydrogens is 402 g/mol. The van der Waals surface area contributed by atoms with Gasteiger partial charge in [0.05, 0.1) is 0 Å². The summed E-state index contributed by atoms with van der Waals surface area (Å²) in [6, 6.07) is 0. The van der Waals surface area contributed by atoms with E-state index in [9.17, 15) is 4.79 Å². The second kappa shape index (κ2) is 25.0. The first-order valence-electron chi connectivity index (χ1n) is 13.4. The van der Waals surface area contributed by atoms with Gasteiger partial charge in [-0.3, -0.25) is 4.79 Å². The third-order valence-corrected chi connectivity index (χ3v) is 6.03. The van der Waals surface area contributed by atoms with Crippen LogP contribution in [0.5, 0.6) is 0 Å². The molecule has 0 fully saturated rings. The Kier molecular flexibility index (Phi) is 24.5. The zero-order valence-electron chi connectivity index (χ0n) is 22.0. The SMILES string of the molecule is COCCCCCCCCCC(CCCCCCCCCOC)OC(=O)CCCN(C)C. The standard InChI is InChI=1S/C27H55NO4/c1-28(2)23-19-22-27(29)32-26(20-15-11-7-5-9-13-17-24-30-3)21-16-12-8-6-10-14-18-25-31-4/h26H,5-25H2,1-4H3. The first-order valence-corrected chi connectivity index (χ1v) is 13.4. The highest BCUT2D eigenvalue weighted by Crippen LogP contribution is 2.18. The van der Waals surface area contributed by atoms with Crippen LogP contribution in [0.4, 0.5) is 0 Å². The van der Waals surface area contributed by atoms with Crippen molar-refractivity contribution in [3.05, 3.63) is 0 Å². The van der Waals surface area contributed by atoms with Crippen molar-refractivity contribution in [3.8, 4) is 0 Å². The lowest BCUT2D eigenvalue weighted by Gasteiger charge is -2.18. The number of ether oxygens (including phenoxy) is 3. The van der Waals surface area contributed by atoms with Crippen LogP contribution in [0.1, 0.15) is 116 Å². The van der Waals surface area contributed by atoms with Crippen molar-refractivity contribution in [2.45, 2.75) is 122 Å². The molecule has 0 heterocycles. The first-order chi connectivity index (χ1) is 15.6. The number of carbonyl (C=O) groups is 1. The number of methoxy groups -OCH3 is 2. The van der Waals surface area contributed by atoms with Crippen molar-refractivity contribution in [1.29, 1.82) is 0 Å². The molecule has 0 amide bonds. The number of hydrogen-bond donors (Lipinski definition) is 0. The molecule has 0 saturated carbocycles. The summed E-state index contributed by atoms with van der Waals surface area (Å²) < 4.78 is 16.1. The number of carbonyl (C=O) groups excluding carboxylic acids is 1. The van der Waals surface area contributed by atoms with E-state index in [0.717, 1.165) is 39.0 Å². The van der Waals surface area contributed by atoms with Crippen LogP contribution >= 0.6 is 0 Å². The fourth-order valence-electron chi connectivity index (χ4n) is 4.05. The average Bonchev–Trinajstić information content (AvgIpc) is 2.76. The molecule has 0 aromatic carbocycles. The van der Waals surface area contributed by atoms with Gasteiger partial charge in [-0.25, -0.2) is 0 Å². The summed E-state index contributed by atoms with van der Waals surface area (Å²) >= 11 is 0. The number of nitrogens with zero attached hydrogens (tertiary/aromatic N) is 1. The lowest BCUT2D eigenvalue weighted by Crippen LogP contribution is -2.20. The summed E-state index contributed by atoms with van der Waals surface area (Å²) in [5.74, 6) is -0.00636. The molecule has 0 N–H and O–H groups in total. The fourth-order valence-corrected chi connectivity index (χ4v) is 4.05. The van der Waals surface area contributed by atoms with Gasteiger partial charge >= 0.3 is 5.97 Å². The van der Waals surface area contributed by atoms with Gasteiger partial charge in [0.15, 0.2) is 0 Å². The third-order valence-electron chi connectivity index (χ3n) is 6.03. The zero-order chi connectivity index (χ0) is 23.7. The van der Waals surface area contributed by atoms with Gasteiger partial charge < -0.3 is 19.1 Å². The van der Waals surface area contributed by atoms with E-state index in [1.165, 1.54) is 89.9 Å². The van der Waals surface area contributed by atoms with Gasteiger partial charge in [0.25, 0.3) is 0 Å². The van der Waals surface area contributed by atoms with Crippen molar-refractivity contribution in [2.24, 2.45) is 0 Å². The zero-order valence-corrected chi connectivity index (χ0v) is 22.0. The molecule has 0 rings (SSSR count). The van der Waals surface area contributed by atoms with Crippen LogP contribution in [0.15, 0.2) is 0 Å². The number of rotatable bonds is 25. The minimum absolute atomic E-state index is 0.00636. The van der Waals surface area contributed by atoms with Gasteiger partial charge in [0, 0.05) is 33.9 Å².